The molecule has 6 heteroatoms. The quantitative estimate of drug-likeness (QED) is 0.742. The summed E-state index contributed by atoms with van der Waals surface area (Å²) in [6.07, 6.45) is 1.89. The van der Waals surface area contributed by atoms with Crippen LogP contribution in [0, 0.1) is 0 Å². The van der Waals surface area contributed by atoms with E-state index in [-0.39, 0.29) is 30.5 Å². The SMILES string of the molecule is CC1=NNC(=O)CC1.COC(=O)CCC(C)=O. The van der Waals surface area contributed by atoms with Crippen molar-refractivity contribution in [2.45, 2.75) is 39.5 Å². The fraction of sp³-hybridized carbons (Fsp3) is 0.636. The molecule has 0 radical (unpaired) electrons. The van der Waals surface area contributed by atoms with Gasteiger partial charge in [0.15, 0.2) is 0 Å². The Kier molecular flexibility index (Phi) is 7.58. The molecule has 1 amide bonds. The third-order valence-electron chi connectivity index (χ3n) is 1.99. The van der Waals surface area contributed by atoms with Gasteiger partial charge in [0.05, 0.1) is 13.5 Å². The molecule has 1 aliphatic rings. The topological polar surface area (TPSA) is 84.8 Å². The van der Waals surface area contributed by atoms with E-state index in [1.165, 1.54) is 14.0 Å². The number of carbonyl (C=O) groups excluding carboxylic acids is 3. The molecule has 17 heavy (non-hydrogen) atoms. The molecule has 0 saturated heterocycles. The van der Waals surface area contributed by atoms with Crippen molar-refractivity contribution in [1.82, 2.24) is 5.43 Å². The lowest BCUT2D eigenvalue weighted by Gasteiger charge is -2.06. The number of hydrogen-bond donors (Lipinski definition) is 1. The number of hydrogen-bond acceptors (Lipinski definition) is 5. The van der Waals surface area contributed by atoms with Crippen LogP contribution in [0.4, 0.5) is 0 Å². The molecule has 96 valence electrons. The summed E-state index contributed by atoms with van der Waals surface area (Å²) in [6, 6.07) is 0. The lowest BCUT2D eigenvalue weighted by Crippen LogP contribution is -2.23. The Morgan fingerprint density at radius 3 is 2.35 bits per heavy atom. The van der Waals surface area contributed by atoms with Crippen LogP contribution < -0.4 is 5.43 Å². The average molecular weight is 242 g/mol. The number of nitrogens with zero attached hydrogens (tertiary/aromatic N) is 1. The molecule has 1 rings (SSSR count). The third-order valence-corrected chi connectivity index (χ3v) is 1.99. The van der Waals surface area contributed by atoms with Crippen LogP contribution in [0.5, 0.6) is 0 Å². The number of methoxy groups -OCH3 is 1. The molecule has 6 nitrogen and oxygen atoms in total. The molecule has 0 atom stereocenters. The van der Waals surface area contributed by atoms with Gasteiger partial charge in [-0.25, -0.2) is 5.43 Å². The first-order chi connectivity index (χ1) is 7.95. The minimum Gasteiger partial charge on any atom is -0.469 e. The molecular formula is C11H18N2O4. The Labute approximate surface area is 100 Å². The molecule has 1 aliphatic heterocycles. The summed E-state index contributed by atoms with van der Waals surface area (Å²) in [5.74, 6) is -0.291. The smallest absolute Gasteiger partial charge is 0.305 e. The fourth-order valence-electron chi connectivity index (χ4n) is 0.944. The molecule has 1 N–H and O–H groups in total. The monoisotopic (exact) mass is 242 g/mol. The summed E-state index contributed by atoms with van der Waals surface area (Å²) in [5.41, 5.74) is 3.39. The first-order valence-electron chi connectivity index (χ1n) is 5.34. The molecule has 0 saturated carbocycles. The normalized spacial score (nSPS) is 13.8. The van der Waals surface area contributed by atoms with Crippen molar-refractivity contribution in [2.24, 2.45) is 5.10 Å². The van der Waals surface area contributed by atoms with E-state index in [1.807, 2.05) is 6.92 Å². The fourth-order valence-corrected chi connectivity index (χ4v) is 0.944. The Morgan fingerprint density at radius 2 is 2.00 bits per heavy atom. The van der Waals surface area contributed by atoms with Gasteiger partial charge >= 0.3 is 5.97 Å². The number of esters is 1. The molecule has 1 heterocycles. The van der Waals surface area contributed by atoms with Gasteiger partial charge < -0.3 is 9.53 Å². The molecule has 0 aromatic carbocycles. The number of carbonyl (C=O) groups is 3. The van der Waals surface area contributed by atoms with Crippen LogP contribution in [0.2, 0.25) is 0 Å². The number of hydrazone groups is 1. The summed E-state index contributed by atoms with van der Waals surface area (Å²) in [5, 5.41) is 3.73. The van der Waals surface area contributed by atoms with Crippen molar-refractivity contribution in [3.05, 3.63) is 0 Å². The zero-order valence-corrected chi connectivity index (χ0v) is 10.4. The average Bonchev–Trinajstić information content (AvgIpc) is 2.30. The Hall–Kier alpha value is -1.72. The molecule has 0 spiro atoms. The number of amides is 1. The second-order valence-electron chi connectivity index (χ2n) is 3.66. The Balaban J connectivity index is 0.000000302. The summed E-state index contributed by atoms with van der Waals surface area (Å²) in [7, 11) is 1.31. The van der Waals surface area contributed by atoms with Gasteiger partial charge in [0.25, 0.3) is 0 Å². The highest BCUT2D eigenvalue weighted by atomic mass is 16.5. The maximum absolute atomic E-state index is 10.4. The van der Waals surface area contributed by atoms with Crippen LogP contribution in [-0.4, -0.2) is 30.5 Å². The molecule has 0 unspecified atom stereocenters. The zero-order chi connectivity index (χ0) is 13.3. The highest BCUT2D eigenvalue weighted by molar-refractivity contribution is 5.90. The van der Waals surface area contributed by atoms with Gasteiger partial charge in [0, 0.05) is 18.6 Å². The third kappa shape index (κ3) is 9.22. The minimum atomic E-state index is -0.329. The van der Waals surface area contributed by atoms with Crippen molar-refractivity contribution >= 4 is 23.4 Å². The summed E-state index contributed by atoms with van der Waals surface area (Å²) in [4.78, 5) is 31.0. The van der Waals surface area contributed by atoms with E-state index in [9.17, 15) is 14.4 Å². The molecule has 0 aromatic heterocycles. The van der Waals surface area contributed by atoms with Crippen molar-refractivity contribution < 1.29 is 19.1 Å². The van der Waals surface area contributed by atoms with Crippen LogP contribution in [0.1, 0.15) is 39.5 Å². The van der Waals surface area contributed by atoms with E-state index < -0.39 is 0 Å². The second kappa shape index (κ2) is 8.43. The molecule has 0 bridgehead atoms. The first kappa shape index (κ1) is 15.3. The van der Waals surface area contributed by atoms with Crippen molar-refractivity contribution in [1.29, 1.82) is 0 Å². The van der Waals surface area contributed by atoms with Crippen LogP contribution in [0.15, 0.2) is 5.10 Å². The summed E-state index contributed by atoms with van der Waals surface area (Å²) < 4.78 is 4.31. The van der Waals surface area contributed by atoms with E-state index >= 15 is 0 Å². The van der Waals surface area contributed by atoms with Crippen LogP contribution in [0.25, 0.3) is 0 Å². The van der Waals surface area contributed by atoms with E-state index in [1.54, 1.807) is 0 Å². The van der Waals surface area contributed by atoms with Gasteiger partial charge in [-0.2, -0.15) is 5.10 Å². The van der Waals surface area contributed by atoms with Gasteiger partial charge in [0.1, 0.15) is 5.78 Å². The second-order valence-corrected chi connectivity index (χ2v) is 3.66. The number of ether oxygens (including phenoxy) is 1. The van der Waals surface area contributed by atoms with E-state index in [2.05, 4.69) is 15.3 Å². The maximum atomic E-state index is 10.4. The minimum absolute atomic E-state index is 0.0143. The van der Waals surface area contributed by atoms with Crippen molar-refractivity contribution in [2.75, 3.05) is 7.11 Å². The Morgan fingerprint density at radius 1 is 1.35 bits per heavy atom. The van der Waals surface area contributed by atoms with Gasteiger partial charge in [0.2, 0.25) is 5.91 Å². The highest BCUT2D eigenvalue weighted by Crippen LogP contribution is 1.96. The number of Topliss-reactive ketones (excluding diaryl/α,β-unsaturated/α-hetero) is 1. The van der Waals surface area contributed by atoms with Gasteiger partial charge in [-0.05, 0) is 20.3 Å². The molecule has 0 aliphatic carbocycles. The highest BCUT2D eigenvalue weighted by Gasteiger charge is 2.05. The number of nitrogens with one attached hydrogen (secondary N) is 1. The molecule has 0 fully saturated rings. The van der Waals surface area contributed by atoms with Gasteiger partial charge in [-0.1, -0.05) is 0 Å². The lowest BCUT2D eigenvalue weighted by molar-refractivity contribution is -0.141. The zero-order valence-electron chi connectivity index (χ0n) is 10.4. The standard InChI is InChI=1S/C6H10O3.C5H8N2O/c1-5(7)3-4-6(8)9-2;1-4-2-3-5(8)7-6-4/h3-4H2,1-2H3;2-3H2,1H3,(H,7,8). The van der Waals surface area contributed by atoms with Crippen LogP contribution >= 0.6 is 0 Å². The summed E-state index contributed by atoms with van der Waals surface area (Å²) in [6.45, 7) is 3.35. The van der Waals surface area contributed by atoms with Crippen molar-refractivity contribution in [3.8, 4) is 0 Å². The maximum Gasteiger partial charge on any atom is 0.305 e. The lowest BCUT2D eigenvalue weighted by atomic mass is 10.2. The largest absolute Gasteiger partial charge is 0.469 e. The van der Waals surface area contributed by atoms with E-state index in [0.717, 1.165) is 12.1 Å². The molecule has 0 aromatic rings. The van der Waals surface area contributed by atoms with Gasteiger partial charge in [-0.3, -0.25) is 9.59 Å². The van der Waals surface area contributed by atoms with Crippen LogP contribution in [0.3, 0.4) is 0 Å². The van der Waals surface area contributed by atoms with Gasteiger partial charge in [-0.15, -0.1) is 0 Å². The Bertz CT molecular complexity index is 323. The number of rotatable bonds is 3. The van der Waals surface area contributed by atoms with Crippen LogP contribution in [-0.2, 0) is 19.1 Å². The predicted molar refractivity (Wildman–Crippen MR) is 62.4 cm³/mol. The summed E-state index contributed by atoms with van der Waals surface area (Å²) >= 11 is 0. The predicted octanol–water partition coefficient (Wildman–Crippen LogP) is 0.801. The number of ketones is 1. The first-order valence-corrected chi connectivity index (χ1v) is 5.34. The van der Waals surface area contributed by atoms with E-state index in [4.69, 9.17) is 0 Å². The van der Waals surface area contributed by atoms with E-state index in [0.29, 0.717) is 6.42 Å². The van der Waals surface area contributed by atoms with Crippen molar-refractivity contribution in [3.63, 3.8) is 0 Å². The molecular weight excluding hydrogens is 224 g/mol.